The number of amides is 2. The molecule has 0 aliphatic heterocycles. The smallest absolute Gasteiger partial charge is 0.322 e. The molecule has 4 nitrogen and oxygen atoms in total. The van der Waals surface area contributed by atoms with E-state index in [9.17, 15) is 4.79 Å². The van der Waals surface area contributed by atoms with Gasteiger partial charge in [0.15, 0.2) is 0 Å². The highest BCUT2D eigenvalue weighted by molar-refractivity contribution is 5.90. The lowest BCUT2D eigenvalue weighted by Crippen LogP contribution is -2.39. The summed E-state index contributed by atoms with van der Waals surface area (Å²) in [5.41, 5.74) is 8.17. The van der Waals surface area contributed by atoms with E-state index in [0.717, 1.165) is 5.56 Å². The van der Waals surface area contributed by atoms with Crippen LogP contribution in [0.25, 0.3) is 0 Å². The molecule has 3 N–H and O–H groups in total. The van der Waals surface area contributed by atoms with Gasteiger partial charge >= 0.3 is 6.03 Å². The van der Waals surface area contributed by atoms with E-state index >= 15 is 0 Å². The molecule has 0 aromatic heterocycles. The summed E-state index contributed by atoms with van der Waals surface area (Å²) in [5.74, 6) is 0. The van der Waals surface area contributed by atoms with Crippen LogP contribution in [0.3, 0.4) is 0 Å². The second kappa shape index (κ2) is 6.79. The highest BCUT2D eigenvalue weighted by atomic mass is 16.2. The molecule has 0 spiro atoms. The van der Waals surface area contributed by atoms with E-state index in [-0.39, 0.29) is 12.1 Å². The second-order valence-electron chi connectivity index (χ2n) is 5.26. The van der Waals surface area contributed by atoms with Gasteiger partial charge in [-0.15, -0.1) is 0 Å². The maximum atomic E-state index is 12.4. The molecule has 0 fully saturated rings. The lowest BCUT2D eigenvalue weighted by atomic mass is 10.2. The first-order chi connectivity index (χ1) is 10.1. The third-order valence-corrected chi connectivity index (χ3v) is 3.22. The molecular formula is C17H21N3O. The maximum Gasteiger partial charge on any atom is 0.322 e. The summed E-state index contributed by atoms with van der Waals surface area (Å²) in [5, 5.41) is 2.89. The van der Waals surface area contributed by atoms with Crippen molar-refractivity contribution in [3.8, 4) is 0 Å². The van der Waals surface area contributed by atoms with Crippen molar-refractivity contribution in [2.24, 2.45) is 0 Å². The monoisotopic (exact) mass is 283 g/mol. The van der Waals surface area contributed by atoms with Crippen LogP contribution in [0, 0.1) is 0 Å². The molecule has 0 atom stereocenters. The van der Waals surface area contributed by atoms with Gasteiger partial charge in [0.05, 0.1) is 0 Å². The van der Waals surface area contributed by atoms with Gasteiger partial charge in [-0.3, -0.25) is 0 Å². The minimum atomic E-state index is -0.126. The van der Waals surface area contributed by atoms with E-state index in [1.54, 1.807) is 17.0 Å². The van der Waals surface area contributed by atoms with Crippen molar-refractivity contribution in [1.29, 1.82) is 0 Å². The van der Waals surface area contributed by atoms with Crippen LogP contribution in [0.15, 0.2) is 54.6 Å². The second-order valence-corrected chi connectivity index (χ2v) is 5.26. The fraction of sp³-hybridized carbons (Fsp3) is 0.235. The average molecular weight is 283 g/mol. The van der Waals surface area contributed by atoms with Crippen LogP contribution in [0.2, 0.25) is 0 Å². The average Bonchev–Trinajstić information content (AvgIpc) is 2.45. The molecule has 4 heteroatoms. The quantitative estimate of drug-likeness (QED) is 0.840. The van der Waals surface area contributed by atoms with Gasteiger partial charge in [0.2, 0.25) is 0 Å². The van der Waals surface area contributed by atoms with Crippen molar-refractivity contribution in [2.75, 3.05) is 11.1 Å². The summed E-state index contributed by atoms with van der Waals surface area (Å²) in [6.07, 6.45) is 0. The number of hydrogen-bond donors (Lipinski definition) is 2. The molecule has 2 aromatic carbocycles. The molecule has 0 unspecified atom stereocenters. The Hall–Kier alpha value is -2.49. The number of nitrogens with zero attached hydrogens (tertiary/aromatic N) is 1. The van der Waals surface area contributed by atoms with E-state index in [1.165, 1.54) is 0 Å². The van der Waals surface area contributed by atoms with E-state index in [0.29, 0.717) is 17.9 Å². The largest absolute Gasteiger partial charge is 0.399 e. The number of nitrogens with two attached hydrogens (primary N) is 1. The van der Waals surface area contributed by atoms with Crippen LogP contribution in [0.1, 0.15) is 19.4 Å². The minimum Gasteiger partial charge on any atom is -0.399 e. The van der Waals surface area contributed by atoms with Gasteiger partial charge in [0.1, 0.15) is 0 Å². The van der Waals surface area contributed by atoms with Crippen molar-refractivity contribution < 1.29 is 4.79 Å². The van der Waals surface area contributed by atoms with Crippen LogP contribution in [-0.4, -0.2) is 17.0 Å². The Labute approximate surface area is 125 Å². The number of carbonyl (C=O) groups excluding carboxylic acids is 1. The summed E-state index contributed by atoms with van der Waals surface area (Å²) in [6.45, 7) is 4.58. The Kier molecular flexibility index (Phi) is 4.82. The Morgan fingerprint density at radius 1 is 1.14 bits per heavy atom. The highest BCUT2D eigenvalue weighted by Crippen LogP contribution is 2.15. The van der Waals surface area contributed by atoms with E-state index < -0.39 is 0 Å². The number of urea groups is 1. The molecule has 0 radical (unpaired) electrons. The topological polar surface area (TPSA) is 58.4 Å². The summed E-state index contributed by atoms with van der Waals surface area (Å²) in [6, 6.07) is 17.1. The molecule has 0 heterocycles. The van der Waals surface area contributed by atoms with Gasteiger partial charge in [-0.1, -0.05) is 36.4 Å². The summed E-state index contributed by atoms with van der Waals surface area (Å²) >= 11 is 0. The molecular weight excluding hydrogens is 262 g/mol. The lowest BCUT2D eigenvalue weighted by molar-refractivity contribution is 0.193. The Bertz CT molecular complexity index is 596. The summed E-state index contributed by atoms with van der Waals surface area (Å²) in [7, 11) is 0. The van der Waals surface area contributed by atoms with Crippen LogP contribution in [-0.2, 0) is 6.54 Å². The normalized spacial score (nSPS) is 10.4. The highest BCUT2D eigenvalue weighted by Gasteiger charge is 2.17. The molecule has 0 aliphatic rings. The van der Waals surface area contributed by atoms with Crippen LogP contribution >= 0.6 is 0 Å². The van der Waals surface area contributed by atoms with Crippen molar-refractivity contribution >= 4 is 17.4 Å². The molecule has 2 aromatic rings. The van der Waals surface area contributed by atoms with Gasteiger partial charge in [-0.2, -0.15) is 0 Å². The number of anilines is 2. The lowest BCUT2D eigenvalue weighted by Gasteiger charge is -2.27. The third kappa shape index (κ3) is 4.24. The van der Waals surface area contributed by atoms with Gasteiger partial charge in [-0.05, 0) is 37.6 Å². The number of carbonyl (C=O) groups is 1. The molecule has 21 heavy (non-hydrogen) atoms. The number of benzene rings is 2. The number of hydrogen-bond acceptors (Lipinski definition) is 2. The molecule has 0 bridgehead atoms. The predicted octanol–water partition coefficient (Wildman–Crippen LogP) is 3.71. The fourth-order valence-electron chi connectivity index (χ4n) is 2.08. The Morgan fingerprint density at radius 3 is 2.48 bits per heavy atom. The Morgan fingerprint density at radius 2 is 1.86 bits per heavy atom. The SMILES string of the molecule is CC(C)N(Cc1ccccc1)C(=O)Nc1cccc(N)c1. The summed E-state index contributed by atoms with van der Waals surface area (Å²) in [4.78, 5) is 14.2. The predicted molar refractivity (Wildman–Crippen MR) is 87.0 cm³/mol. The fourth-order valence-corrected chi connectivity index (χ4v) is 2.08. The molecule has 0 saturated carbocycles. The van der Waals surface area contributed by atoms with E-state index in [4.69, 9.17) is 5.73 Å². The van der Waals surface area contributed by atoms with Crippen LogP contribution in [0.4, 0.5) is 16.2 Å². The molecule has 110 valence electrons. The zero-order chi connectivity index (χ0) is 15.2. The first kappa shape index (κ1) is 14.9. The maximum absolute atomic E-state index is 12.4. The molecule has 0 aliphatic carbocycles. The summed E-state index contributed by atoms with van der Waals surface area (Å²) < 4.78 is 0. The number of nitrogens with one attached hydrogen (secondary N) is 1. The van der Waals surface area contributed by atoms with Gasteiger partial charge < -0.3 is 16.0 Å². The van der Waals surface area contributed by atoms with Crippen molar-refractivity contribution in [2.45, 2.75) is 26.4 Å². The van der Waals surface area contributed by atoms with Crippen LogP contribution in [0.5, 0.6) is 0 Å². The molecule has 2 rings (SSSR count). The molecule has 0 saturated heterocycles. The Balaban J connectivity index is 2.09. The minimum absolute atomic E-state index is 0.103. The van der Waals surface area contributed by atoms with Gasteiger partial charge in [0, 0.05) is 24.0 Å². The zero-order valence-electron chi connectivity index (χ0n) is 12.4. The number of rotatable bonds is 4. The standard InChI is InChI=1S/C17H21N3O/c1-13(2)20(12-14-7-4-3-5-8-14)17(21)19-16-10-6-9-15(18)11-16/h3-11,13H,12,18H2,1-2H3,(H,19,21). The van der Waals surface area contributed by atoms with Crippen LogP contribution < -0.4 is 11.1 Å². The van der Waals surface area contributed by atoms with Gasteiger partial charge in [0.25, 0.3) is 0 Å². The molecule has 2 amide bonds. The third-order valence-electron chi connectivity index (χ3n) is 3.22. The van der Waals surface area contributed by atoms with Crippen molar-refractivity contribution in [3.05, 3.63) is 60.2 Å². The first-order valence-electron chi connectivity index (χ1n) is 7.03. The van der Waals surface area contributed by atoms with Crippen molar-refractivity contribution in [3.63, 3.8) is 0 Å². The van der Waals surface area contributed by atoms with E-state index in [2.05, 4.69) is 5.32 Å². The van der Waals surface area contributed by atoms with E-state index in [1.807, 2.05) is 56.3 Å². The van der Waals surface area contributed by atoms with Gasteiger partial charge in [-0.25, -0.2) is 4.79 Å². The zero-order valence-corrected chi connectivity index (χ0v) is 12.4. The first-order valence-corrected chi connectivity index (χ1v) is 7.03. The number of nitrogen functional groups attached to an aromatic ring is 1. The van der Waals surface area contributed by atoms with Crippen molar-refractivity contribution in [1.82, 2.24) is 4.90 Å².